The van der Waals surface area contributed by atoms with Gasteiger partial charge in [0.05, 0.1) is 11.0 Å². The van der Waals surface area contributed by atoms with Crippen molar-refractivity contribution in [3.05, 3.63) is 22.9 Å². The number of aromatic nitrogens is 1. The number of esters is 1. The number of carbonyl (C=O) groups excluding carboxylic acids is 3. The summed E-state index contributed by atoms with van der Waals surface area (Å²) in [5, 5.41) is 6.97. The van der Waals surface area contributed by atoms with Crippen LogP contribution in [0.1, 0.15) is 74.5 Å². The summed E-state index contributed by atoms with van der Waals surface area (Å²) in [4.78, 5) is 48.9. The van der Waals surface area contributed by atoms with Gasteiger partial charge in [-0.3, -0.25) is 19.8 Å². The Hall–Kier alpha value is -2.72. The highest BCUT2D eigenvalue weighted by atomic mass is 32.1. The summed E-state index contributed by atoms with van der Waals surface area (Å²) in [6.45, 7) is 13.3. The minimum Gasteiger partial charge on any atom is -0.459 e. The van der Waals surface area contributed by atoms with Crippen molar-refractivity contribution in [1.29, 1.82) is 0 Å². The Morgan fingerprint density at radius 3 is 2.61 bits per heavy atom. The molecular weight excluding hydrogens is 502 g/mol. The van der Waals surface area contributed by atoms with E-state index in [-0.39, 0.29) is 17.9 Å². The van der Waals surface area contributed by atoms with Gasteiger partial charge in [-0.25, -0.2) is 9.78 Å². The maximum absolute atomic E-state index is 13.9. The molecule has 3 aliphatic heterocycles. The van der Waals surface area contributed by atoms with Crippen LogP contribution in [0.3, 0.4) is 0 Å². The van der Waals surface area contributed by atoms with Gasteiger partial charge in [-0.2, -0.15) is 0 Å². The molecule has 0 bridgehead atoms. The molecular formula is C28H39N5O4S. The van der Waals surface area contributed by atoms with Gasteiger partial charge in [0.25, 0.3) is 5.91 Å². The lowest BCUT2D eigenvalue weighted by atomic mass is 9.74. The van der Waals surface area contributed by atoms with E-state index in [1.165, 1.54) is 11.3 Å². The first-order valence-electron chi connectivity index (χ1n) is 13.7. The van der Waals surface area contributed by atoms with Gasteiger partial charge in [0.2, 0.25) is 0 Å². The van der Waals surface area contributed by atoms with E-state index in [0.717, 1.165) is 66.7 Å². The second-order valence-electron chi connectivity index (χ2n) is 11.7. The Kier molecular flexibility index (Phi) is 7.15. The molecule has 3 aliphatic rings. The van der Waals surface area contributed by atoms with Crippen molar-refractivity contribution in [2.45, 2.75) is 78.4 Å². The molecule has 10 heteroatoms. The first-order valence-corrected chi connectivity index (χ1v) is 14.6. The summed E-state index contributed by atoms with van der Waals surface area (Å²) in [6.07, 6.45) is 4.37. The van der Waals surface area contributed by atoms with Crippen molar-refractivity contribution in [2.24, 2.45) is 5.41 Å². The lowest BCUT2D eigenvalue weighted by Crippen LogP contribution is -2.53. The van der Waals surface area contributed by atoms with Gasteiger partial charge in [-0.1, -0.05) is 11.3 Å². The first kappa shape index (κ1) is 26.9. The number of anilines is 1. The van der Waals surface area contributed by atoms with Crippen LogP contribution in [0.15, 0.2) is 6.07 Å². The first-order chi connectivity index (χ1) is 18.0. The lowest BCUT2D eigenvalue weighted by molar-refractivity contribution is -0.154. The summed E-state index contributed by atoms with van der Waals surface area (Å²) in [5.74, 6) is -0.113. The third kappa shape index (κ3) is 5.00. The van der Waals surface area contributed by atoms with Crippen LogP contribution in [0.25, 0.3) is 10.2 Å². The third-order valence-electron chi connectivity index (χ3n) is 8.35. The summed E-state index contributed by atoms with van der Waals surface area (Å²) < 4.78 is 5.72. The minimum absolute atomic E-state index is 0.0459. The largest absolute Gasteiger partial charge is 0.459 e. The summed E-state index contributed by atoms with van der Waals surface area (Å²) in [6, 6.07) is 2.02. The second kappa shape index (κ2) is 10.1. The van der Waals surface area contributed by atoms with Crippen LogP contribution in [0.2, 0.25) is 0 Å². The maximum Gasteiger partial charge on any atom is 0.319 e. The number of hydrogen-bond acceptors (Lipinski definition) is 7. The lowest BCUT2D eigenvalue weighted by Gasteiger charge is -2.44. The molecule has 206 valence electrons. The summed E-state index contributed by atoms with van der Waals surface area (Å²) in [5.41, 5.74) is 1.66. The molecule has 2 aromatic rings. The van der Waals surface area contributed by atoms with E-state index >= 15 is 0 Å². The number of likely N-dealkylation sites (tertiary alicyclic amines) is 2. The number of cyclic esters (lactones) is 1. The summed E-state index contributed by atoms with van der Waals surface area (Å²) >= 11 is 1.34. The average Bonchev–Trinajstić information content (AvgIpc) is 3.30. The molecule has 3 fully saturated rings. The van der Waals surface area contributed by atoms with Gasteiger partial charge < -0.3 is 15.0 Å². The molecule has 5 rings (SSSR count). The number of amides is 3. The van der Waals surface area contributed by atoms with E-state index < -0.39 is 11.0 Å². The number of urea groups is 1. The van der Waals surface area contributed by atoms with Crippen molar-refractivity contribution in [2.75, 3.05) is 38.0 Å². The van der Waals surface area contributed by atoms with E-state index in [1.807, 2.05) is 45.6 Å². The van der Waals surface area contributed by atoms with Gasteiger partial charge >= 0.3 is 12.0 Å². The van der Waals surface area contributed by atoms with Gasteiger partial charge in [-0.15, -0.1) is 0 Å². The van der Waals surface area contributed by atoms with E-state index in [9.17, 15) is 14.4 Å². The molecule has 1 unspecified atom stereocenters. The molecule has 2 N–H and O–H groups in total. The number of fused-ring (bicyclic) bond motifs is 1. The molecule has 2 aromatic heterocycles. The number of rotatable bonds is 4. The van der Waals surface area contributed by atoms with Crippen LogP contribution < -0.4 is 10.6 Å². The fourth-order valence-corrected chi connectivity index (χ4v) is 7.57. The molecule has 1 atom stereocenters. The van der Waals surface area contributed by atoms with Gasteiger partial charge in [0.1, 0.15) is 15.4 Å². The molecule has 0 aromatic carbocycles. The van der Waals surface area contributed by atoms with Crippen molar-refractivity contribution < 1.29 is 19.1 Å². The second-order valence-corrected chi connectivity index (χ2v) is 12.7. The standard InChI is InChI=1S/C28H39N5O4S/c1-6-29-26(36)31-23-21(20-14-17(2)18(3)30-22(20)38-23)24(34)32-12-8-19(9-13-32)33-11-7-10-28(16-33)15-27(4,5)37-25(28)35/h14,19H,6-13,15-16H2,1-5H3,(H2,29,31,36). The minimum atomic E-state index is -0.398. The van der Waals surface area contributed by atoms with E-state index in [0.29, 0.717) is 36.2 Å². The zero-order chi connectivity index (χ0) is 27.2. The van der Waals surface area contributed by atoms with Gasteiger partial charge in [0, 0.05) is 49.7 Å². The van der Waals surface area contributed by atoms with Crippen LogP contribution in [-0.4, -0.2) is 77.1 Å². The maximum atomic E-state index is 13.9. The zero-order valence-corrected chi connectivity index (χ0v) is 23.9. The van der Waals surface area contributed by atoms with Crippen molar-refractivity contribution in [3.63, 3.8) is 0 Å². The van der Waals surface area contributed by atoms with E-state index in [1.54, 1.807) is 0 Å². The number of thiophene rings is 1. The van der Waals surface area contributed by atoms with Gasteiger partial charge in [-0.05, 0) is 78.5 Å². The molecule has 5 heterocycles. The van der Waals surface area contributed by atoms with Crippen molar-refractivity contribution in [1.82, 2.24) is 20.1 Å². The molecule has 38 heavy (non-hydrogen) atoms. The molecule has 0 aliphatic carbocycles. The predicted molar refractivity (Wildman–Crippen MR) is 149 cm³/mol. The number of nitrogens with zero attached hydrogens (tertiary/aromatic N) is 3. The smallest absolute Gasteiger partial charge is 0.319 e. The monoisotopic (exact) mass is 541 g/mol. The van der Waals surface area contributed by atoms with E-state index in [4.69, 9.17) is 9.72 Å². The number of aryl methyl sites for hydroxylation is 2. The van der Waals surface area contributed by atoms with Gasteiger partial charge in [0.15, 0.2) is 0 Å². The quantitative estimate of drug-likeness (QED) is 0.554. The van der Waals surface area contributed by atoms with Crippen LogP contribution >= 0.6 is 11.3 Å². The Bertz CT molecular complexity index is 1270. The van der Waals surface area contributed by atoms with Crippen molar-refractivity contribution >= 4 is 44.5 Å². The number of nitrogens with one attached hydrogen (secondary N) is 2. The predicted octanol–water partition coefficient (Wildman–Crippen LogP) is 4.47. The third-order valence-corrected chi connectivity index (χ3v) is 9.36. The summed E-state index contributed by atoms with van der Waals surface area (Å²) in [7, 11) is 0. The number of pyridine rings is 1. The highest BCUT2D eigenvalue weighted by Gasteiger charge is 2.54. The number of hydrogen-bond donors (Lipinski definition) is 2. The molecule has 1 spiro atoms. The fraction of sp³-hybridized carbons (Fsp3) is 0.643. The number of carbonyl (C=O) groups is 3. The zero-order valence-electron chi connectivity index (χ0n) is 23.1. The van der Waals surface area contributed by atoms with Crippen LogP contribution in [0.5, 0.6) is 0 Å². The Morgan fingerprint density at radius 1 is 1.21 bits per heavy atom. The van der Waals surface area contributed by atoms with Crippen LogP contribution in [-0.2, 0) is 9.53 Å². The number of piperidine rings is 2. The topological polar surface area (TPSA) is 104 Å². The van der Waals surface area contributed by atoms with Crippen molar-refractivity contribution in [3.8, 4) is 0 Å². The normalized spacial score (nSPS) is 24.1. The molecule has 3 saturated heterocycles. The molecule has 3 amide bonds. The highest BCUT2D eigenvalue weighted by Crippen LogP contribution is 2.47. The molecule has 0 saturated carbocycles. The molecule has 9 nitrogen and oxygen atoms in total. The van der Waals surface area contributed by atoms with Crippen LogP contribution in [0.4, 0.5) is 9.80 Å². The Labute approximate surface area is 228 Å². The Morgan fingerprint density at radius 2 is 1.95 bits per heavy atom. The Balaban J connectivity index is 1.32. The van der Waals surface area contributed by atoms with E-state index in [2.05, 4.69) is 15.5 Å². The number of ether oxygens (including phenoxy) is 1. The fourth-order valence-electron chi connectivity index (χ4n) is 6.48. The highest BCUT2D eigenvalue weighted by molar-refractivity contribution is 7.23. The SMILES string of the molecule is CCNC(=O)Nc1sc2nc(C)c(C)cc2c1C(=O)N1CCC(N2CCCC3(C2)CC(C)(C)OC3=O)CC1. The molecule has 0 radical (unpaired) electrons. The average molecular weight is 542 g/mol. The van der Waals surface area contributed by atoms with Crippen LogP contribution in [0, 0.1) is 19.3 Å².